The topological polar surface area (TPSA) is 51.5 Å². The summed E-state index contributed by atoms with van der Waals surface area (Å²) in [5.41, 5.74) is 1.01. The monoisotopic (exact) mass is 352 g/mol. The maximum atomic E-state index is 13.2. The van der Waals surface area contributed by atoms with Gasteiger partial charge in [0.2, 0.25) is 0 Å². The van der Waals surface area contributed by atoms with Crippen LogP contribution in [-0.4, -0.2) is 35.6 Å². The molecule has 0 saturated carbocycles. The van der Waals surface area contributed by atoms with E-state index in [0.29, 0.717) is 5.70 Å². The van der Waals surface area contributed by atoms with Crippen LogP contribution >= 0.6 is 0 Å². The van der Waals surface area contributed by atoms with Crippen LogP contribution in [0, 0.1) is 0 Å². The summed E-state index contributed by atoms with van der Waals surface area (Å²) in [5.74, 6) is 0.649. The van der Waals surface area contributed by atoms with Gasteiger partial charge in [-0.15, -0.1) is 0 Å². The molecule has 1 aliphatic heterocycles. The molecule has 136 valence electrons. The average Bonchev–Trinajstić information content (AvgIpc) is 2.96. The molecule has 1 aromatic heterocycles. The molecule has 2 heterocycles. The van der Waals surface area contributed by atoms with Gasteiger partial charge in [-0.25, -0.2) is 0 Å². The summed E-state index contributed by atoms with van der Waals surface area (Å²) in [7, 11) is 1.61. The van der Waals surface area contributed by atoms with Gasteiger partial charge in [0.25, 0.3) is 11.5 Å². The number of likely N-dealkylation sites (tertiary alicyclic amines) is 1. The first-order chi connectivity index (χ1) is 12.7. The summed E-state index contributed by atoms with van der Waals surface area (Å²) in [6, 6.07) is 12.4. The summed E-state index contributed by atoms with van der Waals surface area (Å²) in [6.45, 7) is 1.47. The van der Waals surface area contributed by atoms with Gasteiger partial charge in [0.15, 0.2) is 0 Å². The van der Waals surface area contributed by atoms with Crippen LogP contribution in [0.15, 0.2) is 53.5 Å². The second-order valence-electron chi connectivity index (χ2n) is 6.42. The number of hydrogen-bond acceptors (Lipinski definition) is 3. The molecule has 0 spiro atoms. The van der Waals surface area contributed by atoms with Crippen molar-refractivity contribution < 1.29 is 9.53 Å². The third-order valence-corrected chi connectivity index (χ3v) is 4.61. The Balaban J connectivity index is 2.00. The van der Waals surface area contributed by atoms with Gasteiger partial charge in [0.05, 0.1) is 7.11 Å². The third kappa shape index (κ3) is 4.23. The Hall–Kier alpha value is -2.82. The second kappa shape index (κ2) is 8.52. The lowest BCUT2D eigenvalue weighted by Gasteiger charge is -2.22. The first kappa shape index (κ1) is 18.0. The molecule has 3 rings (SSSR count). The molecule has 1 amide bonds. The number of carbonyl (C=O) groups is 1. The summed E-state index contributed by atoms with van der Waals surface area (Å²) in [6.07, 6.45) is 7.72. The summed E-state index contributed by atoms with van der Waals surface area (Å²) in [4.78, 5) is 27.4. The zero-order chi connectivity index (χ0) is 18.4. The Kier molecular flexibility index (Phi) is 5.89. The van der Waals surface area contributed by atoms with Crippen LogP contribution in [-0.2, 0) is 4.79 Å². The van der Waals surface area contributed by atoms with E-state index in [-0.39, 0.29) is 11.5 Å². The molecule has 5 nitrogen and oxygen atoms in total. The highest BCUT2D eigenvalue weighted by Crippen LogP contribution is 2.19. The number of pyridine rings is 1. The fourth-order valence-electron chi connectivity index (χ4n) is 3.15. The van der Waals surface area contributed by atoms with Gasteiger partial charge in [-0.2, -0.15) is 0 Å². The van der Waals surface area contributed by atoms with Crippen LogP contribution in [0.5, 0.6) is 5.75 Å². The Labute approximate surface area is 153 Å². The van der Waals surface area contributed by atoms with E-state index in [9.17, 15) is 9.59 Å². The minimum Gasteiger partial charge on any atom is -0.497 e. The van der Waals surface area contributed by atoms with E-state index in [0.717, 1.165) is 50.1 Å². The van der Waals surface area contributed by atoms with Crippen molar-refractivity contribution in [3.63, 3.8) is 0 Å². The Morgan fingerprint density at radius 1 is 1.00 bits per heavy atom. The number of aromatic nitrogens is 1. The SMILES string of the molecule is COc1ccc(C=C(C(=O)N2CCCCCC2)n2ccccc2=O)cc1. The van der Waals surface area contributed by atoms with Crippen molar-refractivity contribution in [2.45, 2.75) is 25.7 Å². The molecule has 2 aromatic rings. The molecule has 1 aliphatic rings. The van der Waals surface area contributed by atoms with Gasteiger partial charge in [0.1, 0.15) is 11.4 Å². The highest BCUT2D eigenvalue weighted by molar-refractivity contribution is 6.18. The summed E-state index contributed by atoms with van der Waals surface area (Å²) < 4.78 is 6.61. The van der Waals surface area contributed by atoms with Crippen molar-refractivity contribution >= 4 is 17.7 Å². The highest BCUT2D eigenvalue weighted by Gasteiger charge is 2.21. The van der Waals surface area contributed by atoms with Crippen molar-refractivity contribution in [1.82, 2.24) is 9.47 Å². The minimum atomic E-state index is -0.213. The lowest BCUT2D eigenvalue weighted by Crippen LogP contribution is -2.36. The van der Waals surface area contributed by atoms with Crippen LogP contribution in [0.4, 0.5) is 0 Å². The first-order valence-electron chi connectivity index (χ1n) is 9.02. The Morgan fingerprint density at radius 3 is 2.31 bits per heavy atom. The molecule has 5 heteroatoms. The number of ether oxygens (including phenoxy) is 1. The number of amides is 1. The quantitative estimate of drug-likeness (QED) is 0.794. The maximum absolute atomic E-state index is 13.2. The number of methoxy groups -OCH3 is 1. The molecule has 1 saturated heterocycles. The second-order valence-corrected chi connectivity index (χ2v) is 6.42. The normalized spacial score (nSPS) is 15.4. The van der Waals surface area contributed by atoms with Gasteiger partial charge in [-0.3, -0.25) is 14.2 Å². The molecule has 0 bridgehead atoms. The fourth-order valence-corrected chi connectivity index (χ4v) is 3.15. The molecule has 1 fully saturated rings. The largest absolute Gasteiger partial charge is 0.497 e. The zero-order valence-electron chi connectivity index (χ0n) is 15.1. The van der Waals surface area contributed by atoms with Gasteiger partial charge in [-0.05, 0) is 42.7 Å². The molecule has 0 atom stereocenters. The van der Waals surface area contributed by atoms with E-state index in [1.807, 2.05) is 29.2 Å². The lowest BCUT2D eigenvalue weighted by molar-refractivity contribution is -0.125. The zero-order valence-corrected chi connectivity index (χ0v) is 15.1. The summed E-state index contributed by atoms with van der Waals surface area (Å²) in [5, 5.41) is 0. The third-order valence-electron chi connectivity index (χ3n) is 4.61. The van der Waals surface area contributed by atoms with Gasteiger partial charge in [-0.1, -0.05) is 31.0 Å². The van der Waals surface area contributed by atoms with E-state index in [2.05, 4.69) is 0 Å². The molecule has 0 aliphatic carbocycles. The van der Waals surface area contributed by atoms with Crippen LogP contribution in [0.25, 0.3) is 11.8 Å². The van der Waals surface area contributed by atoms with Gasteiger partial charge >= 0.3 is 0 Å². The van der Waals surface area contributed by atoms with E-state index in [4.69, 9.17) is 4.74 Å². The van der Waals surface area contributed by atoms with E-state index in [1.54, 1.807) is 31.5 Å². The molecular weight excluding hydrogens is 328 g/mol. The smallest absolute Gasteiger partial charge is 0.270 e. The number of nitrogens with zero attached hydrogens (tertiary/aromatic N) is 2. The van der Waals surface area contributed by atoms with Crippen LogP contribution < -0.4 is 10.3 Å². The highest BCUT2D eigenvalue weighted by atomic mass is 16.5. The van der Waals surface area contributed by atoms with Crippen molar-refractivity contribution in [1.29, 1.82) is 0 Å². The van der Waals surface area contributed by atoms with Gasteiger partial charge < -0.3 is 9.64 Å². The molecule has 26 heavy (non-hydrogen) atoms. The van der Waals surface area contributed by atoms with Crippen molar-refractivity contribution in [2.24, 2.45) is 0 Å². The first-order valence-corrected chi connectivity index (χ1v) is 9.02. The number of rotatable bonds is 4. The molecule has 0 unspecified atom stereocenters. The number of carbonyl (C=O) groups excluding carboxylic acids is 1. The molecular formula is C21H24N2O3. The maximum Gasteiger partial charge on any atom is 0.270 e. The molecule has 0 radical (unpaired) electrons. The van der Waals surface area contributed by atoms with Crippen molar-refractivity contribution in [3.05, 3.63) is 64.6 Å². The number of hydrogen-bond donors (Lipinski definition) is 0. The van der Waals surface area contributed by atoms with E-state index < -0.39 is 0 Å². The van der Waals surface area contributed by atoms with Crippen molar-refractivity contribution in [3.8, 4) is 5.75 Å². The predicted octanol–water partition coefficient (Wildman–Crippen LogP) is 3.26. The van der Waals surface area contributed by atoms with Crippen LogP contribution in [0.3, 0.4) is 0 Å². The van der Waals surface area contributed by atoms with E-state index >= 15 is 0 Å². The van der Waals surface area contributed by atoms with Crippen LogP contribution in [0.2, 0.25) is 0 Å². The predicted molar refractivity (Wildman–Crippen MR) is 103 cm³/mol. The minimum absolute atomic E-state index is 0.101. The van der Waals surface area contributed by atoms with E-state index in [1.165, 1.54) is 10.6 Å². The Bertz CT molecular complexity index is 829. The summed E-state index contributed by atoms with van der Waals surface area (Å²) >= 11 is 0. The number of benzene rings is 1. The lowest BCUT2D eigenvalue weighted by atomic mass is 10.1. The van der Waals surface area contributed by atoms with Crippen molar-refractivity contribution in [2.75, 3.05) is 20.2 Å². The Morgan fingerprint density at radius 2 is 1.69 bits per heavy atom. The molecule has 0 N–H and O–H groups in total. The molecule has 1 aromatic carbocycles. The van der Waals surface area contributed by atoms with Gasteiger partial charge in [0, 0.05) is 25.4 Å². The standard InChI is InChI=1S/C21H24N2O3/c1-26-18-11-9-17(10-12-18)16-19(23-15-7-4-8-20(23)24)21(25)22-13-5-2-3-6-14-22/h4,7-12,15-16H,2-3,5-6,13-14H2,1H3. The average molecular weight is 352 g/mol. The van der Waals surface area contributed by atoms with Crippen LogP contribution in [0.1, 0.15) is 31.2 Å². The fraction of sp³-hybridized carbons (Fsp3) is 0.333.